The smallest absolute Gasteiger partial charge is 0.0409 e. The molecule has 1 nitrogen and oxygen atoms in total. The monoisotopic (exact) mass is 237 g/mol. The highest BCUT2D eigenvalue weighted by atomic mass is 35.5. The Morgan fingerprint density at radius 1 is 1.25 bits per heavy atom. The summed E-state index contributed by atoms with van der Waals surface area (Å²) in [7, 11) is 0. The van der Waals surface area contributed by atoms with Gasteiger partial charge in [-0.25, -0.2) is 0 Å². The topological polar surface area (TPSA) is 12.0 Å². The number of hydrogen-bond acceptors (Lipinski definition) is 1. The maximum Gasteiger partial charge on any atom is 0.0409 e. The van der Waals surface area contributed by atoms with Gasteiger partial charge in [0, 0.05) is 17.1 Å². The van der Waals surface area contributed by atoms with Crippen molar-refractivity contribution in [2.75, 3.05) is 0 Å². The van der Waals surface area contributed by atoms with Crippen LogP contribution < -0.4 is 5.32 Å². The third-order valence-corrected chi connectivity index (χ3v) is 3.80. The Labute approximate surface area is 103 Å². The van der Waals surface area contributed by atoms with E-state index in [1.807, 2.05) is 18.2 Å². The molecule has 1 aromatic carbocycles. The number of hydrogen-bond donors (Lipinski definition) is 1. The minimum atomic E-state index is 0.334. The summed E-state index contributed by atoms with van der Waals surface area (Å²) < 4.78 is 0. The second-order valence-corrected chi connectivity index (χ2v) is 5.54. The molecular formula is C14H20ClN. The SMILES string of the molecule is CC1(NCc2cccc(Cl)c2)CCCCC1. The molecule has 2 heteroatoms. The van der Waals surface area contributed by atoms with Gasteiger partial charge in [0.1, 0.15) is 0 Å². The lowest BCUT2D eigenvalue weighted by Gasteiger charge is -2.34. The largest absolute Gasteiger partial charge is 0.307 e. The van der Waals surface area contributed by atoms with Gasteiger partial charge in [0.15, 0.2) is 0 Å². The minimum absolute atomic E-state index is 0.334. The highest BCUT2D eigenvalue weighted by Gasteiger charge is 2.25. The van der Waals surface area contributed by atoms with Crippen LogP contribution in [0, 0.1) is 0 Å². The number of rotatable bonds is 3. The van der Waals surface area contributed by atoms with Crippen molar-refractivity contribution >= 4 is 11.6 Å². The molecule has 0 saturated heterocycles. The second-order valence-electron chi connectivity index (χ2n) is 5.10. The summed E-state index contributed by atoms with van der Waals surface area (Å²) >= 11 is 5.97. The van der Waals surface area contributed by atoms with Gasteiger partial charge in [0.2, 0.25) is 0 Å². The normalized spacial score (nSPS) is 19.6. The maximum absolute atomic E-state index is 5.97. The van der Waals surface area contributed by atoms with E-state index in [1.54, 1.807) is 0 Å². The Kier molecular flexibility index (Phi) is 3.88. The molecule has 1 aliphatic carbocycles. The summed E-state index contributed by atoms with van der Waals surface area (Å²) in [5.41, 5.74) is 1.61. The van der Waals surface area contributed by atoms with Crippen LogP contribution in [0.3, 0.4) is 0 Å². The Bertz CT molecular complexity index is 342. The first kappa shape index (κ1) is 11.9. The summed E-state index contributed by atoms with van der Waals surface area (Å²) in [6.45, 7) is 3.27. The zero-order valence-electron chi connectivity index (χ0n) is 9.93. The van der Waals surface area contributed by atoms with E-state index in [4.69, 9.17) is 11.6 Å². The first-order valence-electron chi connectivity index (χ1n) is 6.17. The molecular weight excluding hydrogens is 218 g/mol. The first-order valence-corrected chi connectivity index (χ1v) is 6.55. The van der Waals surface area contributed by atoms with Crippen molar-refractivity contribution in [1.29, 1.82) is 0 Å². The Morgan fingerprint density at radius 3 is 2.69 bits per heavy atom. The molecule has 0 aromatic heterocycles. The van der Waals surface area contributed by atoms with Gasteiger partial charge in [-0.1, -0.05) is 43.0 Å². The molecule has 2 rings (SSSR count). The van der Waals surface area contributed by atoms with E-state index >= 15 is 0 Å². The quantitative estimate of drug-likeness (QED) is 0.833. The van der Waals surface area contributed by atoms with Crippen molar-refractivity contribution in [3.8, 4) is 0 Å². The van der Waals surface area contributed by atoms with E-state index < -0.39 is 0 Å². The van der Waals surface area contributed by atoms with Gasteiger partial charge in [-0.05, 0) is 37.5 Å². The molecule has 16 heavy (non-hydrogen) atoms. The van der Waals surface area contributed by atoms with Crippen LogP contribution >= 0.6 is 11.6 Å². The third kappa shape index (κ3) is 3.23. The van der Waals surface area contributed by atoms with Crippen LogP contribution in [0.25, 0.3) is 0 Å². The molecule has 1 aliphatic rings. The van der Waals surface area contributed by atoms with E-state index in [9.17, 15) is 0 Å². The highest BCUT2D eigenvalue weighted by molar-refractivity contribution is 6.30. The van der Waals surface area contributed by atoms with Gasteiger partial charge >= 0.3 is 0 Å². The third-order valence-electron chi connectivity index (χ3n) is 3.57. The predicted molar refractivity (Wildman–Crippen MR) is 69.8 cm³/mol. The molecule has 0 spiro atoms. The van der Waals surface area contributed by atoms with Crippen molar-refractivity contribution in [2.24, 2.45) is 0 Å². The van der Waals surface area contributed by atoms with Crippen molar-refractivity contribution in [2.45, 2.75) is 51.1 Å². The Hall–Kier alpha value is -0.530. The lowest BCUT2D eigenvalue weighted by Crippen LogP contribution is -2.43. The fourth-order valence-corrected chi connectivity index (χ4v) is 2.68. The van der Waals surface area contributed by atoms with E-state index in [1.165, 1.54) is 37.7 Å². The summed E-state index contributed by atoms with van der Waals surface area (Å²) in [4.78, 5) is 0. The van der Waals surface area contributed by atoms with Crippen molar-refractivity contribution in [3.05, 3.63) is 34.9 Å². The summed E-state index contributed by atoms with van der Waals surface area (Å²) in [5, 5.41) is 4.51. The molecule has 1 aromatic rings. The van der Waals surface area contributed by atoms with Crippen molar-refractivity contribution in [3.63, 3.8) is 0 Å². The number of benzene rings is 1. The number of nitrogens with one attached hydrogen (secondary N) is 1. The van der Waals surface area contributed by atoms with E-state index in [0.717, 1.165) is 11.6 Å². The van der Waals surface area contributed by atoms with Gasteiger partial charge in [0.25, 0.3) is 0 Å². The van der Waals surface area contributed by atoms with Crippen LogP contribution in [0.5, 0.6) is 0 Å². The van der Waals surface area contributed by atoms with E-state index in [-0.39, 0.29) is 0 Å². The highest BCUT2D eigenvalue weighted by Crippen LogP contribution is 2.27. The van der Waals surface area contributed by atoms with Gasteiger partial charge < -0.3 is 5.32 Å². The standard InChI is InChI=1S/C14H20ClN/c1-14(8-3-2-4-9-14)16-11-12-6-5-7-13(15)10-12/h5-7,10,16H,2-4,8-9,11H2,1H3. The van der Waals surface area contributed by atoms with Crippen LogP contribution in [0.1, 0.15) is 44.6 Å². The Balaban J connectivity index is 1.91. The van der Waals surface area contributed by atoms with Gasteiger partial charge in [-0.3, -0.25) is 0 Å². The van der Waals surface area contributed by atoms with Gasteiger partial charge in [0.05, 0.1) is 0 Å². The molecule has 1 fully saturated rings. The molecule has 0 atom stereocenters. The molecule has 0 unspecified atom stereocenters. The lowest BCUT2D eigenvalue weighted by molar-refractivity contribution is 0.252. The maximum atomic E-state index is 5.97. The first-order chi connectivity index (χ1) is 7.68. The predicted octanol–water partition coefficient (Wildman–Crippen LogP) is 4.15. The molecule has 1 N–H and O–H groups in total. The average Bonchev–Trinajstić information content (AvgIpc) is 2.28. The molecule has 0 radical (unpaired) electrons. The zero-order chi connectivity index (χ0) is 11.4. The minimum Gasteiger partial charge on any atom is -0.307 e. The molecule has 0 heterocycles. The van der Waals surface area contributed by atoms with Crippen molar-refractivity contribution in [1.82, 2.24) is 5.32 Å². The summed E-state index contributed by atoms with van der Waals surface area (Å²) in [5.74, 6) is 0. The molecule has 0 amide bonds. The summed E-state index contributed by atoms with van der Waals surface area (Å²) in [6, 6.07) is 8.11. The van der Waals surface area contributed by atoms with Crippen LogP contribution in [0.4, 0.5) is 0 Å². The second kappa shape index (κ2) is 5.20. The number of halogens is 1. The van der Waals surface area contributed by atoms with E-state index in [2.05, 4.69) is 18.3 Å². The molecule has 88 valence electrons. The average molecular weight is 238 g/mol. The van der Waals surface area contributed by atoms with Crippen LogP contribution in [0.2, 0.25) is 5.02 Å². The van der Waals surface area contributed by atoms with Crippen LogP contribution in [0.15, 0.2) is 24.3 Å². The molecule has 1 saturated carbocycles. The molecule has 0 bridgehead atoms. The summed E-state index contributed by atoms with van der Waals surface area (Å²) in [6.07, 6.45) is 6.72. The van der Waals surface area contributed by atoms with Crippen molar-refractivity contribution < 1.29 is 0 Å². The van der Waals surface area contributed by atoms with Crippen LogP contribution in [-0.4, -0.2) is 5.54 Å². The lowest BCUT2D eigenvalue weighted by atomic mass is 9.83. The van der Waals surface area contributed by atoms with Gasteiger partial charge in [-0.15, -0.1) is 0 Å². The van der Waals surface area contributed by atoms with Gasteiger partial charge in [-0.2, -0.15) is 0 Å². The zero-order valence-corrected chi connectivity index (χ0v) is 10.7. The Morgan fingerprint density at radius 2 is 2.00 bits per heavy atom. The van der Waals surface area contributed by atoms with E-state index in [0.29, 0.717) is 5.54 Å². The molecule has 0 aliphatic heterocycles. The fraction of sp³-hybridized carbons (Fsp3) is 0.571. The van der Waals surface area contributed by atoms with Crippen LogP contribution in [-0.2, 0) is 6.54 Å². The fourth-order valence-electron chi connectivity index (χ4n) is 2.47.